The third-order valence-corrected chi connectivity index (χ3v) is 4.67. The second-order valence-electron chi connectivity index (χ2n) is 6.53. The molecule has 0 saturated heterocycles. The van der Waals surface area contributed by atoms with E-state index in [1.165, 1.54) is 0 Å². The van der Waals surface area contributed by atoms with E-state index < -0.39 is 0 Å². The molecule has 0 N–H and O–H groups in total. The van der Waals surface area contributed by atoms with Gasteiger partial charge in [-0.3, -0.25) is 0 Å². The van der Waals surface area contributed by atoms with E-state index in [0.717, 1.165) is 33.4 Å². The van der Waals surface area contributed by atoms with Crippen LogP contribution in [0.3, 0.4) is 0 Å². The Morgan fingerprint density at radius 3 is 0.933 bits per heavy atom. The van der Waals surface area contributed by atoms with Crippen LogP contribution in [0.25, 0.3) is 33.4 Å². The van der Waals surface area contributed by atoms with Gasteiger partial charge in [0.05, 0.1) is 0 Å². The summed E-state index contributed by atoms with van der Waals surface area (Å²) in [6.07, 6.45) is 21.6. The summed E-state index contributed by atoms with van der Waals surface area (Å²) in [5, 5.41) is 0. The molecule has 0 radical (unpaired) electrons. The first-order valence-electron chi connectivity index (χ1n) is 9.14. The lowest BCUT2D eigenvalue weighted by molar-refractivity contribution is 1.28. The van der Waals surface area contributed by atoms with Crippen molar-refractivity contribution < 1.29 is 0 Å². The highest BCUT2D eigenvalue weighted by Crippen LogP contribution is 2.32. The van der Waals surface area contributed by atoms with Crippen LogP contribution in [0.15, 0.2) is 73.2 Å². The quantitative estimate of drug-likeness (QED) is 0.478. The number of nitrogens with zero attached hydrogens (tertiary/aromatic N) is 3. The molecule has 3 heteroatoms. The number of terminal acetylenes is 3. The molecule has 30 heavy (non-hydrogen) atoms. The van der Waals surface area contributed by atoms with E-state index >= 15 is 0 Å². The Hall–Kier alpha value is -4.65. The summed E-state index contributed by atoms with van der Waals surface area (Å²) < 4.78 is 0. The van der Waals surface area contributed by atoms with Gasteiger partial charge in [0.25, 0.3) is 0 Å². The number of hydrogen-bond acceptors (Lipinski definition) is 3. The van der Waals surface area contributed by atoms with Crippen molar-refractivity contribution >= 4 is 0 Å². The summed E-state index contributed by atoms with van der Waals surface area (Å²) in [6, 6.07) is 17.6. The summed E-state index contributed by atoms with van der Waals surface area (Å²) in [4.78, 5) is 13.0. The standard InChI is InChI=1S/C27H15N3/c1-4-25-10-7-19(16-28-25)22-13-23(20-8-11-26(5-2)29-17-20)15-24(14-22)21-9-12-27(6-3)30-18-21/h1-3,7-18H. The van der Waals surface area contributed by atoms with Crippen LogP contribution in [0, 0.1) is 37.0 Å². The van der Waals surface area contributed by atoms with Gasteiger partial charge < -0.3 is 0 Å². The minimum atomic E-state index is 0.596. The monoisotopic (exact) mass is 381 g/mol. The summed E-state index contributed by atoms with van der Waals surface area (Å²) in [5.74, 6) is 7.63. The molecular formula is C27H15N3. The third-order valence-electron chi connectivity index (χ3n) is 4.67. The van der Waals surface area contributed by atoms with Crippen molar-refractivity contribution in [1.29, 1.82) is 0 Å². The molecule has 4 rings (SSSR count). The maximum atomic E-state index is 5.43. The minimum Gasteiger partial charge on any atom is -0.247 e. The highest BCUT2D eigenvalue weighted by Gasteiger charge is 2.09. The zero-order chi connectivity index (χ0) is 20.9. The zero-order valence-corrected chi connectivity index (χ0v) is 16.0. The summed E-state index contributed by atoms with van der Waals surface area (Å²) in [7, 11) is 0. The van der Waals surface area contributed by atoms with Gasteiger partial charge in [0, 0.05) is 35.3 Å². The van der Waals surface area contributed by atoms with Gasteiger partial charge in [-0.25, -0.2) is 15.0 Å². The first kappa shape index (κ1) is 18.7. The molecule has 0 spiro atoms. The second-order valence-corrected chi connectivity index (χ2v) is 6.53. The molecule has 0 saturated carbocycles. The van der Waals surface area contributed by atoms with E-state index in [4.69, 9.17) is 19.3 Å². The Balaban J connectivity index is 1.87. The smallest absolute Gasteiger partial charge is 0.112 e. The van der Waals surface area contributed by atoms with E-state index in [1.54, 1.807) is 18.6 Å². The Kier molecular flexibility index (Phi) is 5.08. The molecule has 3 nitrogen and oxygen atoms in total. The van der Waals surface area contributed by atoms with E-state index in [-0.39, 0.29) is 0 Å². The van der Waals surface area contributed by atoms with E-state index in [1.807, 2.05) is 36.4 Å². The molecule has 0 atom stereocenters. The van der Waals surface area contributed by atoms with Crippen molar-refractivity contribution in [3.05, 3.63) is 90.3 Å². The van der Waals surface area contributed by atoms with E-state index in [0.29, 0.717) is 17.1 Å². The van der Waals surface area contributed by atoms with E-state index in [9.17, 15) is 0 Å². The van der Waals surface area contributed by atoms with Crippen LogP contribution < -0.4 is 0 Å². The largest absolute Gasteiger partial charge is 0.247 e. The highest BCUT2D eigenvalue weighted by atomic mass is 14.7. The Labute approximate surface area is 175 Å². The van der Waals surface area contributed by atoms with Crippen molar-refractivity contribution in [2.45, 2.75) is 0 Å². The van der Waals surface area contributed by atoms with Crippen molar-refractivity contribution in [1.82, 2.24) is 15.0 Å². The fourth-order valence-electron chi connectivity index (χ4n) is 3.08. The van der Waals surface area contributed by atoms with Crippen LogP contribution in [-0.2, 0) is 0 Å². The fraction of sp³-hybridized carbons (Fsp3) is 0. The highest BCUT2D eigenvalue weighted by molar-refractivity contribution is 5.80. The van der Waals surface area contributed by atoms with Crippen molar-refractivity contribution in [3.8, 4) is 70.4 Å². The van der Waals surface area contributed by atoms with Crippen LogP contribution in [0.4, 0.5) is 0 Å². The average molecular weight is 381 g/mol. The molecule has 3 heterocycles. The van der Waals surface area contributed by atoms with Crippen molar-refractivity contribution in [3.63, 3.8) is 0 Å². The average Bonchev–Trinajstić information content (AvgIpc) is 2.84. The number of rotatable bonds is 3. The van der Waals surface area contributed by atoms with Crippen LogP contribution in [-0.4, -0.2) is 15.0 Å². The maximum absolute atomic E-state index is 5.43. The minimum absolute atomic E-state index is 0.596. The van der Waals surface area contributed by atoms with Crippen molar-refractivity contribution in [2.75, 3.05) is 0 Å². The molecule has 4 aromatic rings. The Morgan fingerprint density at radius 1 is 0.433 bits per heavy atom. The normalized spacial score (nSPS) is 9.90. The first-order valence-corrected chi connectivity index (χ1v) is 9.14. The Bertz CT molecular complexity index is 1140. The second kappa shape index (κ2) is 8.15. The lowest BCUT2D eigenvalue weighted by Gasteiger charge is -2.11. The van der Waals surface area contributed by atoms with E-state index in [2.05, 4.69) is 50.9 Å². The maximum Gasteiger partial charge on any atom is 0.112 e. The number of benzene rings is 1. The van der Waals surface area contributed by atoms with Gasteiger partial charge in [-0.2, -0.15) is 0 Å². The molecule has 138 valence electrons. The first-order chi connectivity index (χ1) is 14.7. The summed E-state index contributed by atoms with van der Waals surface area (Å²) in [5.41, 5.74) is 7.66. The molecule has 0 aliphatic heterocycles. The van der Waals surface area contributed by atoms with Gasteiger partial charge in [0.2, 0.25) is 0 Å². The van der Waals surface area contributed by atoms with Gasteiger partial charge in [0.1, 0.15) is 17.1 Å². The van der Waals surface area contributed by atoms with Gasteiger partial charge in [-0.15, -0.1) is 19.3 Å². The molecule has 3 aromatic heterocycles. The lowest BCUT2D eigenvalue weighted by atomic mass is 9.94. The zero-order valence-electron chi connectivity index (χ0n) is 16.0. The molecular weight excluding hydrogens is 366 g/mol. The van der Waals surface area contributed by atoms with Crippen LogP contribution in [0.1, 0.15) is 17.1 Å². The number of hydrogen-bond donors (Lipinski definition) is 0. The topological polar surface area (TPSA) is 38.7 Å². The predicted octanol–water partition coefficient (Wildman–Crippen LogP) is 4.82. The number of aromatic nitrogens is 3. The van der Waals surface area contributed by atoms with Gasteiger partial charge >= 0.3 is 0 Å². The van der Waals surface area contributed by atoms with Crippen LogP contribution in [0.2, 0.25) is 0 Å². The third kappa shape index (κ3) is 3.81. The SMILES string of the molecule is C#Cc1ccc(-c2cc(-c3ccc(C#C)nc3)cc(-c3ccc(C#C)nc3)c2)cn1. The molecule has 0 aliphatic carbocycles. The fourth-order valence-corrected chi connectivity index (χ4v) is 3.08. The van der Waals surface area contributed by atoms with Crippen LogP contribution in [0.5, 0.6) is 0 Å². The summed E-state index contributed by atoms with van der Waals surface area (Å²) in [6.45, 7) is 0. The molecule has 0 fully saturated rings. The molecule has 0 bridgehead atoms. The van der Waals surface area contributed by atoms with Gasteiger partial charge in [0.15, 0.2) is 0 Å². The summed E-state index contributed by atoms with van der Waals surface area (Å²) >= 11 is 0. The van der Waals surface area contributed by atoms with Gasteiger partial charge in [-0.1, -0.05) is 36.0 Å². The Morgan fingerprint density at radius 2 is 0.733 bits per heavy atom. The molecule has 1 aromatic carbocycles. The predicted molar refractivity (Wildman–Crippen MR) is 120 cm³/mol. The van der Waals surface area contributed by atoms with Gasteiger partial charge in [-0.05, 0) is 53.1 Å². The van der Waals surface area contributed by atoms with Crippen molar-refractivity contribution in [2.24, 2.45) is 0 Å². The molecule has 0 unspecified atom stereocenters. The van der Waals surface area contributed by atoms with Crippen LogP contribution >= 0.6 is 0 Å². The lowest BCUT2D eigenvalue weighted by Crippen LogP contribution is -1.90. The molecule has 0 aliphatic rings. The number of pyridine rings is 3. The molecule has 0 amide bonds.